The number of hydrogen-bond acceptors (Lipinski definition) is 4. The molecule has 0 amide bonds. The topological polar surface area (TPSA) is 28.2 Å². The summed E-state index contributed by atoms with van der Waals surface area (Å²) in [6, 6.07) is 0. The summed E-state index contributed by atoms with van der Waals surface area (Å²) >= 11 is 1.88. The molecule has 1 saturated heterocycles. The number of aromatic nitrogens is 1. The monoisotopic (exact) mass is 239 g/mol. The van der Waals surface area contributed by atoms with Crippen LogP contribution in [-0.4, -0.2) is 37.1 Å². The van der Waals surface area contributed by atoms with Gasteiger partial charge in [-0.2, -0.15) is 0 Å². The molecule has 0 spiro atoms. The van der Waals surface area contributed by atoms with Crippen molar-refractivity contribution >= 4 is 11.3 Å². The molecule has 1 fully saturated rings. The van der Waals surface area contributed by atoms with E-state index in [9.17, 15) is 0 Å². The summed E-state index contributed by atoms with van der Waals surface area (Å²) in [5, 5.41) is 4.73. The van der Waals surface area contributed by atoms with Crippen molar-refractivity contribution in [2.75, 3.05) is 27.2 Å². The minimum absolute atomic E-state index is 0.847. The summed E-state index contributed by atoms with van der Waals surface area (Å²) in [5.74, 6) is 0.847. The van der Waals surface area contributed by atoms with Gasteiger partial charge in [0, 0.05) is 24.0 Å². The van der Waals surface area contributed by atoms with Crippen molar-refractivity contribution in [3.05, 3.63) is 16.1 Å². The fraction of sp³-hybridized carbons (Fsp3) is 0.750. The van der Waals surface area contributed by atoms with Crippen LogP contribution in [0.4, 0.5) is 0 Å². The van der Waals surface area contributed by atoms with E-state index in [4.69, 9.17) is 0 Å². The SMILES string of the molecule is CN(C)Cc1cnc(CC2CCNCC2)s1. The molecular formula is C12H21N3S. The van der Waals surface area contributed by atoms with E-state index in [1.54, 1.807) is 0 Å². The van der Waals surface area contributed by atoms with E-state index in [1.165, 1.54) is 42.2 Å². The van der Waals surface area contributed by atoms with Crippen molar-refractivity contribution in [1.82, 2.24) is 15.2 Å². The summed E-state index contributed by atoms with van der Waals surface area (Å²) in [4.78, 5) is 8.11. The van der Waals surface area contributed by atoms with Crippen molar-refractivity contribution in [2.24, 2.45) is 5.92 Å². The normalized spacial score (nSPS) is 18.2. The van der Waals surface area contributed by atoms with Crippen LogP contribution in [0.15, 0.2) is 6.20 Å². The predicted octanol–water partition coefficient (Wildman–Crippen LogP) is 1.75. The van der Waals surface area contributed by atoms with Gasteiger partial charge in [-0.25, -0.2) is 4.98 Å². The highest BCUT2D eigenvalue weighted by Gasteiger charge is 2.15. The first-order valence-corrected chi connectivity index (χ1v) is 6.84. The van der Waals surface area contributed by atoms with Crippen LogP contribution in [-0.2, 0) is 13.0 Å². The molecule has 2 heterocycles. The van der Waals surface area contributed by atoms with Gasteiger partial charge >= 0.3 is 0 Å². The third-order valence-electron chi connectivity index (χ3n) is 3.00. The van der Waals surface area contributed by atoms with Crippen LogP contribution in [0.25, 0.3) is 0 Å². The second kappa shape index (κ2) is 5.75. The standard InChI is InChI=1S/C12H21N3S/c1-15(2)9-11-8-14-12(16-11)7-10-3-5-13-6-4-10/h8,10,13H,3-7,9H2,1-2H3. The molecule has 90 valence electrons. The molecule has 1 aliphatic heterocycles. The second-order valence-corrected chi connectivity index (χ2v) is 6.06. The third-order valence-corrected chi connectivity index (χ3v) is 4.00. The third kappa shape index (κ3) is 3.54. The molecule has 0 saturated carbocycles. The number of nitrogens with one attached hydrogen (secondary N) is 1. The van der Waals surface area contributed by atoms with Gasteiger partial charge in [0.25, 0.3) is 0 Å². The van der Waals surface area contributed by atoms with Crippen LogP contribution >= 0.6 is 11.3 Å². The summed E-state index contributed by atoms with van der Waals surface area (Å²) in [5.41, 5.74) is 0. The van der Waals surface area contributed by atoms with E-state index in [2.05, 4.69) is 29.3 Å². The zero-order chi connectivity index (χ0) is 11.4. The maximum absolute atomic E-state index is 4.53. The van der Waals surface area contributed by atoms with Crippen molar-refractivity contribution in [3.8, 4) is 0 Å². The van der Waals surface area contributed by atoms with E-state index >= 15 is 0 Å². The van der Waals surface area contributed by atoms with Crippen LogP contribution in [0.3, 0.4) is 0 Å². The molecule has 0 bridgehead atoms. The molecular weight excluding hydrogens is 218 g/mol. The molecule has 16 heavy (non-hydrogen) atoms. The van der Waals surface area contributed by atoms with E-state index < -0.39 is 0 Å². The second-order valence-electron chi connectivity index (χ2n) is 4.86. The van der Waals surface area contributed by atoms with Gasteiger partial charge in [0.1, 0.15) is 0 Å². The smallest absolute Gasteiger partial charge is 0.0930 e. The van der Waals surface area contributed by atoms with Gasteiger partial charge in [0.05, 0.1) is 5.01 Å². The lowest BCUT2D eigenvalue weighted by atomic mass is 9.95. The Balaban J connectivity index is 1.86. The number of hydrogen-bond donors (Lipinski definition) is 1. The van der Waals surface area contributed by atoms with Crippen LogP contribution < -0.4 is 5.32 Å². The molecule has 1 aromatic rings. The number of nitrogens with zero attached hydrogens (tertiary/aromatic N) is 2. The largest absolute Gasteiger partial charge is 0.317 e. The first-order chi connectivity index (χ1) is 7.74. The van der Waals surface area contributed by atoms with Crippen molar-refractivity contribution < 1.29 is 0 Å². The fourth-order valence-electron chi connectivity index (χ4n) is 2.16. The maximum atomic E-state index is 4.53. The van der Waals surface area contributed by atoms with E-state index in [-0.39, 0.29) is 0 Å². The fourth-order valence-corrected chi connectivity index (χ4v) is 3.32. The summed E-state index contributed by atoms with van der Waals surface area (Å²) in [6.07, 6.45) is 5.84. The van der Waals surface area contributed by atoms with Crippen molar-refractivity contribution in [2.45, 2.75) is 25.8 Å². The van der Waals surface area contributed by atoms with Crippen LogP contribution in [0.1, 0.15) is 22.7 Å². The Morgan fingerprint density at radius 2 is 2.19 bits per heavy atom. The lowest BCUT2D eigenvalue weighted by Gasteiger charge is -2.21. The maximum Gasteiger partial charge on any atom is 0.0930 e. The molecule has 3 nitrogen and oxygen atoms in total. The molecule has 2 rings (SSSR count). The van der Waals surface area contributed by atoms with Gasteiger partial charge < -0.3 is 10.2 Å². The van der Waals surface area contributed by atoms with Crippen LogP contribution in [0, 0.1) is 5.92 Å². The number of thiazole rings is 1. The van der Waals surface area contributed by atoms with E-state index in [0.717, 1.165) is 12.5 Å². The molecule has 1 aromatic heterocycles. The molecule has 0 atom stereocenters. The minimum Gasteiger partial charge on any atom is -0.317 e. The lowest BCUT2D eigenvalue weighted by Crippen LogP contribution is -2.28. The average Bonchev–Trinajstić information content (AvgIpc) is 2.66. The highest BCUT2D eigenvalue weighted by molar-refractivity contribution is 7.11. The van der Waals surface area contributed by atoms with Gasteiger partial charge in [0.15, 0.2) is 0 Å². The van der Waals surface area contributed by atoms with Gasteiger partial charge in [0.2, 0.25) is 0 Å². The zero-order valence-corrected chi connectivity index (χ0v) is 11.0. The van der Waals surface area contributed by atoms with Crippen molar-refractivity contribution in [3.63, 3.8) is 0 Å². The number of piperidine rings is 1. The summed E-state index contributed by atoms with van der Waals surface area (Å²) < 4.78 is 0. The Bertz CT molecular complexity index is 316. The minimum atomic E-state index is 0.847. The highest BCUT2D eigenvalue weighted by atomic mass is 32.1. The Hall–Kier alpha value is -0.450. The first kappa shape index (κ1) is 12.0. The van der Waals surface area contributed by atoms with Gasteiger partial charge in [-0.1, -0.05) is 0 Å². The van der Waals surface area contributed by atoms with Gasteiger partial charge in [-0.05, 0) is 45.9 Å². The lowest BCUT2D eigenvalue weighted by molar-refractivity contribution is 0.372. The van der Waals surface area contributed by atoms with E-state index in [0.29, 0.717) is 0 Å². The van der Waals surface area contributed by atoms with E-state index in [1.807, 2.05) is 17.5 Å². The summed E-state index contributed by atoms with van der Waals surface area (Å²) in [6.45, 7) is 3.38. The van der Waals surface area contributed by atoms with Crippen LogP contribution in [0.2, 0.25) is 0 Å². The zero-order valence-electron chi connectivity index (χ0n) is 10.2. The summed E-state index contributed by atoms with van der Waals surface area (Å²) in [7, 11) is 4.21. The first-order valence-electron chi connectivity index (χ1n) is 6.03. The Kier molecular flexibility index (Phi) is 4.32. The van der Waals surface area contributed by atoms with Crippen LogP contribution in [0.5, 0.6) is 0 Å². The molecule has 1 aliphatic rings. The molecule has 1 N–H and O–H groups in total. The molecule has 0 unspecified atom stereocenters. The molecule has 0 aromatic carbocycles. The number of rotatable bonds is 4. The van der Waals surface area contributed by atoms with Gasteiger partial charge in [-0.15, -0.1) is 11.3 Å². The predicted molar refractivity (Wildman–Crippen MR) is 68.8 cm³/mol. The van der Waals surface area contributed by atoms with Gasteiger partial charge in [-0.3, -0.25) is 0 Å². The molecule has 0 aliphatic carbocycles. The molecule has 0 radical (unpaired) electrons. The average molecular weight is 239 g/mol. The Labute approximate surface area is 102 Å². The highest BCUT2D eigenvalue weighted by Crippen LogP contribution is 2.22. The quantitative estimate of drug-likeness (QED) is 0.867. The Morgan fingerprint density at radius 1 is 1.44 bits per heavy atom. The molecule has 4 heteroatoms. The van der Waals surface area contributed by atoms with Crippen molar-refractivity contribution in [1.29, 1.82) is 0 Å². The Morgan fingerprint density at radius 3 is 2.88 bits per heavy atom.